The van der Waals surface area contributed by atoms with Crippen LogP contribution in [-0.2, 0) is 4.79 Å². The molecule has 1 amide bonds. The Morgan fingerprint density at radius 1 is 1.50 bits per heavy atom. The van der Waals surface area contributed by atoms with Crippen LogP contribution in [-0.4, -0.2) is 30.9 Å². The fourth-order valence-corrected chi connectivity index (χ4v) is 3.11. The average Bonchev–Trinajstić information content (AvgIpc) is 2.90. The smallest absolute Gasteiger partial charge is 0.223 e. The summed E-state index contributed by atoms with van der Waals surface area (Å²) in [5.41, 5.74) is 0.927. The highest BCUT2D eigenvalue weighted by Crippen LogP contribution is 2.29. The standard InChI is InChI=1S/C15H20Cl2N2O/c1-10(13-4-3-12(16)8-14(13)17)19(2)15(20)7-11-5-6-18-9-11/h3-4,8,10-11,18H,5-7,9H2,1-2H3/t10-,11-/m0/s1. The van der Waals surface area contributed by atoms with Crippen molar-refractivity contribution in [1.29, 1.82) is 0 Å². The van der Waals surface area contributed by atoms with Crippen LogP contribution in [0.25, 0.3) is 0 Å². The number of nitrogens with one attached hydrogen (secondary N) is 1. The monoisotopic (exact) mass is 314 g/mol. The van der Waals surface area contributed by atoms with Gasteiger partial charge >= 0.3 is 0 Å². The van der Waals surface area contributed by atoms with Crippen LogP contribution in [0.3, 0.4) is 0 Å². The van der Waals surface area contributed by atoms with E-state index in [4.69, 9.17) is 23.2 Å². The number of amides is 1. The van der Waals surface area contributed by atoms with E-state index in [0.717, 1.165) is 25.1 Å². The van der Waals surface area contributed by atoms with Gasteiger partial charge in [-0.15, -0.1) is 0 Å². The van der Waals surface area contributed by atoms with Gasteiger partial charge in [0.05, 0.1) is 6.04 Å². The average molecular weight is 315 g/mol. The van der Waals surface area contributed by atoms with Gasteiger partial charge < -0.3 is 10.2 Å². The second-order valence-electron chi connectivity index (χ2n) is 5.41. The largest absolute Gasteiger partial charge is 0.339 e. The molecule has 0 radical (unpaired) electrons. The van der Waals surface area contributed by atoms with E-state index in [9.17, 15) is 4.79 Å². The van der Waals surface area contributed by atoms with E-state index in [2.05, 4.69) is 5.32 Å². The molecule has 1 aromatic carbocycles. The van der Waals surface area contributed by atoms with E-state index in [1.165, 1.54) is 0 Å². The topological polar surface area (TPSA) is 32.3 Å². The van der Waals surface area contributed by atoms with Crippen molar-refractivity contribution in [2.24, 2.45) is 5.92 Å². The van der Waals surface area contributed by atoms with Crippen LogP contribution < -0.4 is 5.32 Å². The van der Waals surface area contributed by atoms with Crippen molar-refractivity contribution in [3.8, 4) is 0 Å². The number of carbonyl (C=O) groups excluding carboxylic acids is 1. The summed E-state index contributed by atoms with van der Waals surface area (Å²) in [6.45, 7) is 3.94. The number of benzene rings is 1. The summed E-state index contributed by atoms with van der Waals surface area (Å²) >= 11 is 12.1. The zero-order valence-corrected chi connectivity index (χ0v) is 13.3. The Morgan fingerprint density at radius 3 is 2.85 bits per heavy atom. The van der Waals surface area contributed by atoms with Crippen molar-refractivity contribution in [2.45, 2.75) is 25.8 Å². The van der Waals surface area contributed by atoms with Crippen molar-refractivity contribution in [3.05, 3.63) is 33.8 Å². The predicted molar refractivity (Wildman–Crippen MR) is 83.2 cm³/mol. The lowest BCUT2D eigenvalue weighted by atomic mass is 10.0. The fraction of sp³-hybridized carbons (Fsp3) is 0.533. The molecular weight excluding hydrogens is 295 g/mol. The van der Waals surface area contributed by atoms with E-state index in [-0.39, 0.29) is 11.9 Å². The van der Waals surface area contributed by atoms with Crippen LogP contribution in [0.2, 0.25) is 10.0 Å². The van der Waals surface area contributed by atoms with Gasteiger partial charge in [0.2, 0.25) is 5.91 Å². The third-order valence-electron chi connectivity index (χ3n) is 4.01. The molecule has 0 unspecified atom stereocenters. The molecule has 1 aliphatic rings. The van der Waals surface area contributed by atoms with Crippen LogP contribution >= 0.6 is 23.2 Å². The Hall–Kier alpha value is -0.770. The van der Waals surface area contributed by atoms with Gasteiger partial charge in [0.1, 0.15) is 0 Å². The summed E-state index contributed by atoms with van der Waals surface area (Å²) in [5.74, 6) is 0.620. The van der Waals surface area contributed by atoms with E-state index < -0.39 is 0 Å². The van der Waals surface area contributed by atoms with Crippen molar-refractivity contribution < 1.29 is 4.79 Å². The zero-order valence-electron chi connectivity index (χ0n) is 11.8. The molecule has 1 fully saturated rings. The summed E-state index contributed by atoms with van der Waals surface area (Å²) < 4.78 is 0. The van der Waals surface area contributed by atoms with Gasteiger partial charge in [0, 0.05) is 23.5 Å². The maximum atomic E-state index is 12.3. The number of carbonyl (C=O) groups is 1. The molecule has 0 bridgehead atoms. The Labute approximate surface area is 130 Å². The van der Waals surface area contributed by atoms with Gasteiger partial charge in [0.15, 0.2) is 0 Å². The van der Waals surface area contributed by atoms with E-state index >= 15 is 0 Å². The van der Waals surface area contributed by atoms with E-state index in [0.29, 0.717) is 22.4 Å². The highest BCUT2D eigenvalue weighted by atomic mass is 35.5. The number of hydrogen-bond acceptors (Lipinski definition) is 2. The van der Waals surface area contributed by atoms with Gasteiger partial charge in [-0.1, -0.05) is 29.3 Å². The summed E-state index contributed by atoms with van der Waals surface area (Å²) in [6.07, 6.45) is 1.68. The summed E-state index contributed by atoms with van der Waals surface area (Å²) in [5, 5.41) is 4.50. The van der Waals surface area contributed by atoms with E-state index in [1.54, 1.807) is 17.0 Å². The molecule has 1 saturated heterocycles. The lowest BCUT2D eigenvalue weighted by Crippen LogP contribution is -2.31. The molecule has 1 N–H and O–H groups in total. The number of hydrogen-bond donors (Lipinski definition) is 1. The molecule has 5 heteroatoms. The molecule has 1 aliphatic heterocycles. The number of nitrogens with zero attached hydrogens (tertiary/aromatic N) is 1. The SMILES string of the molecule is C[C@@H](c1ccc(Cl)cc1Cl)N(C)C(=O)C[C@@H]1CCNC1. The van der Waals surface area contributed by atoms with Gasteiger partial charge in [-0.25, -0.2) is 0 Å². The second-order valence-corrected chi connectivity index (χ2v) is 6.25. The van der Waals surface area contributed by atoms with Crippen LogP contribution in [0.5, 0.6) is 0 Å². The first-order valence-corrected chi connectivity index (χ1v) is 7.66. The molecule has 0 saturated carbocycles. The molecule has 0 aromatic heterocycles. The molecular formula is C15H20Cl2N2O. The van der Waals surface area contributed by atoms with Gasteiger partial charge in [0.25, 0.3) is 0 Å². The highest BCUT2D eigenvalue weighted by Gasteiger charge is 2.24. The minimum Gasteiger partial charge on any atom is -0.339 e. The fourth-order valence-electron chi connectivity index (χ4n) is 2.54. The molecule has 3 nitrogen and oxygen atoms in total. The second kappa shape index (κ2) is 6.79. The Balaban J connectivity index is 2.03. The minimum atomic E-state index is -0.0540. The maximum absolute atomic E-state index is 12.3. The Kier molecular flexibility index (Phi) is 5.30. The normalized spacial score (nSPS) is 19.9. The van der Waals surface area contributed by atoms with Crippen LogP contribution in [0.15, 0.2) is 18.2 Å². The summed E-state index contributed by atoms with van der Waals surface area (Å²) in [4.78, 5) is 14.1. The van der Waals surface area contributed by atoms with Crippen LogP contribution in [0, 0.1) is 5.92 Å². The van der Waals surface area contributed by atoms with Crippen LogP contribution in [0.1, 0.15) is 31.4 Å². The quantitative estimate of drug-likeness (QED) is 0.922. The predicted octanol–water partition coefficient (Wildman–Crippen LogP) is 3.51. The first-order chi connectivity index (χ1) is 9.49. The van der Waals surface area contributed by atoms with Gasteiger partial charge in [-0.3, -0.25) is 4.79 Å². The Bertz CT molecular complexity index is 487. The molecule has 1 heterocycles. The highest BCUT2D eigenvalue weighted by molar-refractivity contribution is 6.35. The molecule has 110 valence electrons. The summed E-state index contributed by atoms with van der Waals surface area (Å²) in [6, 6.07) is 5.35. The van der Waals surface area contributed by atoms with Gasteiger partial charge in [-0.2, -0.15) is 0 Å². The zero-order chi connectivity index (χ0) is 14.7. The first kappa shape index (κ1) is 15.6. The maximum Gasteiger partial charge on any atom is 0.223 e. The molecule has 20 heavy (non-hydrogen) atoms. The van der Waals surface area contributed by atoms with Crippen molar-refractivity contribution >= 4 is 29.1 Å². The Morgan fingerprint density at radius 2 is 2.25 bits per heavy atom. The van der Waals surface area contributed by atoms with Gasteiger partial charge in [-0.05, 0) is 50.0 Å². The van der Waals surface area contributed by atoms with Crippen molar-refractivity contribution in [1.82, 2.24) is 10.2 Å². The minimum absolute atomic E-state index is 0.0540. The lowest BCUT2D eigenvalue weighted by molar-refractivity contribution is -0.132. The third kappa shape index (κ3) is 3.66. The summed E-state index contributed by atoms with van der Waals surface area (Å²) in [7, 11) is 1.83. The van der Waals surface area contributed by atoms with Crippen LogP contribution in [0.4, 0.5) is 0 Å². The molecule has 0 aliphatic carbocycles. The number of halogens is 2. The molecule has 2 rings (SSSR count). The molecule has 2 atom stereocenters. The molecule has 1 aromatic rings. The van der Waals surface area contributed by atoms with E-state index in [1.807, 2.05) is 20.0 Å². The van der Waals surface area contributed by atoms with Crippen molar-refractivity contribution in [2.75, 3.05) is 20.1 Å². The lowest BCUT2D eigenvalue weighted by Gasteiger charge is -2.27. The number of rotatable bonds is 4. The first-order valence-electron chi connectivity index (χ1n) is 6.90. The third-order valence-corrected chi connectivity index (χ3v) is 4.58. The molecule has 0 spiro atoms. The van der Waals surface area contributed by atoms with Crippen molar-refractivity contribution in [3.63, 3.8) is 0 Å².